The number of hydrogen-bond acceptors (Lipinski definition) is 4. The number of amides is 1. The number of aromatic nitrogens is 1. The van der Waals surface area contributed by atoms with E-state index >= 15 is 0 Å². The van der Waals surface area contributed by atoms with Gasteiger partial charge in [0.1, 0.15) is 5.69 Å². The van der Waals surface area contributed by atoms with Crippen molar-refractivity contribution in [2.75, 3.05) is 6.54 Å². The van der Waals surface area contributed by atoms with E-state index < -0.39 is 6.10 Å². The van der Waals surface area contributed by atoms with Gasteiger partial charge in [-0.3, -0.25) is 4.79 Å². The molecule has 5 heteroatoms. The lowest BCUT2D eigenvalue weighted by molar-refractivity contribution is 0.0865. The summed E-state index contributed by atoms with van der Waals surface area (Å²) in [4.78, 5) is 15.7. The van der Waals surface area contributed by atoms with Gasteiger partial charge in [-0.05, 0) is 18.8 Å². The van der Waals surface area contributed by atoms with Crippen LogP contribution in [0.4, 0.5) is 0 Å². The number of rotatable bonds is 4. The van der Waals surface area contributed by atoms with Gasteiger partial charge >= 0.3 is 0 Å². The second-order valence-electron chi connectivity index (χ2n) is 5.38. The number of nitrogens with zero attached hydrogens (tertiary/aromatic N) is 1. The monoisotopic (exact) mass is 256 g/mol. The summed E-state index contributed by atoms with van der Waals surface area (Å²) < 4.78 is 0. The SMILES string of the molecule is Cc1nc(C(=O)NCC(O)CC(C)(C)C)cs1. The second-order valence-corrected chi connectivity index (χ2v) is 6.44. The number of thiazole rings is 1. The minimum absolute atomic E-state index is 0.0569. The molecular formula is C12H20N2O2S. The average molecular weight is 256 g/mol. The number of aliphatic hydroxyl groups excluding tert-OH is 1. The summed E-state index contributed by atoms with van der Waals surface area (Å²) in [6.45, 7) is 8.30. The normalized spacial score (nSPS) is 13.5. The molecule has 0 bridgehead atoms. The summed E-state index contributed by atoms with van der Waals surface area (Å²) >= 11 is 1.44. The Hall–Kier alpha value is -0.940. The largest absolute Gasteiger partial charge is 0.391 e. The standard InChI is InChI=1S/C12H20N2O2S/c1-8-14-10(7-17-8)11(16)13-6-9(15)5-12(2,3)4/h7,9,15H,5-6H2,1-4H3,(H,13,16). The number of aliphatic hydroxyl groups is 1. The molecule has 1 amide bonds. The molecule has 0 radical (unpaired) electrons. The summed E-state index contributed by atoms with van der Waals surface area (Å²) in [6, 6.07) is 0. The van der Waals surface area contributed by atoms with Gasteiger partial charge in [0, 0.05) is 11.9 Å². The van der Waals surface area contributed by atoms with E-state index in [1.165, 1.54) is 11.3 Å². The molecule has 96 valence electrons. The number of carbonyl (C=O) groups is 1. The predicted molar refractivity (Wildman–Crippen MR) is 69.3 cm³/mol. The fourth-order valence-electron chi connectivity index (χ4n) is 1.55. The zero-order chi connectivity index (χ0) is 13.1. The van der Waals surface area contributed by atoms with Gasteiger partial charge in [0.25, 0.3) is 5.91 Å². The van der Waals surface area contributed by atoms with Crippen molar-refractivity contribution in [1.29, 1.82) is 0 Å². The third-order valence-electron chi connectivity index (χ3n) is 2.20. The Morgan fingerprint density at radius 3 is 2.71 bits per heavy atom. The molecule has 0 aliphatic heterocycles. The topological polar surface area (TPSA) is 62.2 Å². The van der Waals surface area contributed by atoms with Crippen LogP contribution in [0, 0.1) is 12.3 Å². The van der Waals surface area contributed by atoms with Crippen LogP contribution in [0.1, 0.15) is 42.7 Å². The van der Waals surface area contributed by atoms with Gasteiger partial charge in [0.2, 0.25) is 0 Å². The predicted octanol–water partition coefficient (Wildman–Crippen LogP) is 1.98. The van der Waals surface area contributed by atoms with E-state index in [1.54, 1.807) is 5.38 Å². The molecule has 1 rings (SSSR count). The minimum Gasteiger partial charge on any atom is -0.391 e. The Morgan fingerprint density at radius 2 is 2.24 bits per heavy atom. The molecule has 0 aromatic carbocycles. The first-order valence-electron chi connectivity index (χ1n) is 5.66. The Kier molecular flexibility index (Phi) is 4.65. The summed E-state index contributed by atoms with van der Waals surface area (Å²) in [5.74, 6) is -0.220. The maximum Gasteiger partial charge on any atom is 0.270 e. The van der Waals surface area contributed by atoms with Crippen LogP contribution < -0.4 is 5.32 Å². The average Bonchev–Trinajstić information content (AvgIpc) is 2.58. The molecule has 0 saturated heterocycles. The molecule has 0 fully saturated rings. The van der Waals surface area contributed by atoms with Gasteiger partial charge < -0.3 is 10.4 Å². The van der Waals surface area contributed by atoms with Gasteiger partial charge in [-0.2, -0.15) is 0 Å². The minimum atomic E-state index is -0.515. The van der Waals surface area contributed by atoms with Gasteiger partial charge in [0.05, 0.1) is 11.1 Å². The van der Waals surface area contributed by atoms with Crippen LogP contribution in [0.15, 0.2) is 5.38 Å². The fourth-order valence-corrected chi connectivity index (χ4v) is 2.14. The first-order valence-corrected chi connectivity index (χ1v) is 6.54. The first kappa shape index (κ1) is 14.1. The zero-order valence-electron chi connectivity index (χ0n) is 10.8. The summed E-state index contributed by atoms with van der Waals surface area (Å²) in [5.41, 5.74) is 0.483. The maximum absolute atomic E-state index is 11.7. The van der Waals surface area contributed by atoms with Crippen LogP contribution in [0.2, 0.25) is 0 Å². The molecule has 4 nitrogen and oxygen atoms in total. The van der Waals surface area contributed by atoms with Gasteiger partial charge in [0.15, 0.2) is 0 Å². The van der Waals surface area contributed by atoms with E-state index in [2.05, 4.69) is 31.1 Å². The lowest BCUT2D eigenvalue weighted by atomic mass is 9.89. The van der Waals surface area contributed by atoms with E-state index in [0.29, 0.717) is 12.1 Å². The summed E-state index contributed by atoms with van der Waals surface area (Å²) in [6.07, 6.45) is 0.141. The molecule has 2 N–H and O–H groups in total. The quantitative estimate of drug-likeness (QED) is 0.866. The van der Waals surface area contributed by atoms with Crippen LogP contribution in [0.25, 0.3) is 0 Å². The first-order chi connectivity index (χ1) is 7.78. The van der Waals surface area contributed by atoms with E-state index in [-0.39, 0.29) is 17.9 Å². The highest BCUT2D eigenvalue weighted by atomic mass is 32.1. The summed E-state index contributed by atoms with van der Waals surface area (Å²) in [5, 5.41) is 15.0. The van der Waals surface area contributed by atoms with E-state index in [4.69, 9.17) is 0 Å². The van der Waals surface area contributed by atoms with Crippen molar-refractivity contribution in [3.63, 3.8) is 0 Å². The van der Waals surface area contributed by atoms with E-state index in [9.17, 15) is 9.90 Å². The number of aryl methyl sites for hydroxylation is 1. The lowest BCUT2D eigenvalue weighted by Crippen LogP contribution is -2.34. The van der Waals surface area contributed by atoms with Crippen molar-refractivity contribution in [1.82, 2.24) is 10.3 Å². The molecule has 1 unspecified atom stereocenters. The maximum atomic E-state index is 11.7. The molecule has 0 spiro atoms. The van der Waals surface area contributed by atoms with Crippen LogP contribution in [0.3, 0.4) is 0 Å². The van der Waals surface area contributed by atoms with Crippen LogP contribution in [-0.4, -0.2) is 28.6 Å². The Labute approximate surface area is 106 Å². The third kappa shape index (κ3) is 5.28. The third-order valence-corrected chi connectivity index (χ3v) is 2.97. The second kappa shape index (κ2) is 5.60. The molecule has 0 saturated carbocycles. The van der Waals surface area contributed by atoms with Crippen molar-refractivity contribution >= 4 is 17.2 Å². The molecule has 1 atom stereocenters. The zero-order valence-corrected chi connectivity index (χ0v) is 11.6. The molecule has 0 aliphatic carbocycles. The highest BCUT2D eigenvalue weighted by molar-refractivity contribution is 7.09. The molecule has 1 aromatic heterocycles. The summed E-state index contributed by atoms with van der Waals surface area (Å²) in [7, 11) is 0. The molecule has 0 aliphatic rings. The van der Waals surface area contributed by atoms with Gasteiger partial charge in [-0.15, -0.1) is 11.3 Å². The smallest absolute Gasteiger partial charge is 0.270 e. The Bertz CT molecular complexity index is 382. The van der Waals surface area contributed by atoms with Crippen LogP contribution in [-0.2, 0) is 0 Å². The van der Waals surface area contributed by atoms with E-state index in [1.807, 2.05) is 6.92 Å². The lowest BCUT2D eigenvalue weighted by Gasteiger charge is -2.22. The number of carbonyl (C=O) groups excluding carboxylic acids is 1. The van der Waals surface area contributed by atoms with Crippen LogP contribution >= 0.6 is 11.3 Å². The fraction of sp³-hybridized carbons (Fsp3) is 0.667. The number of hydrogen-bond donors (Lipinski definition) is 2. The molecular weight excluding hydrogens is 236 g/mol. The molecule has 1 heterocycles. The van der Waals surface area contributed by atoms with Crippen molar-refractivity contribution in [3.8, 4) is 0 Å². The Morgan fingerprint density at radius 1 is 1.59 bits per heavy atom. The highest BCUT2D eigenvalue weighted by Crippen LogP contribution is 2.20. The van der Waals surface area contributed by atoms with Crippen molar-refractivity contribution in [2.24, 2.45) is 5.41 Å². The van der Waals surface area contributed by atoms with E-state index in [0.717, 1.165) is 5.01 Å². The highest BCUT2D eigenvalue weighted by Gasteiger charge is 2.18. The Balaban J connectivity index is 2.38. The van der Waals surface area contributed by atoms with Crippen molar-refractivity contribution < 1.29 is 9.90 Å². The molecule has 17 heavy (non-hydrogen) atoms. The van der Waals surface area contributed by atoms with Crippen LogP contribution in [0.5, 0.6) is 0 Å². The number of nitrogens with one attached hydrogen (secondary N) is 1. The van der Waals surface area contributed by atoms with Gasteiger partial charge in [-0.1, -0.05) is 20.8 Å². The molecule has 1 aromatic rings. The van der Waals surface area contributed by atoms with Crippen molar-refractivity contribution in [2.45, 2.75) is 40.2 Å². The van der Waals surface area contributed by atoms with Crippen molar-refractivity contribution in [3.05, 3.63) is 16.1 Å². The van der Waals surface area contributed by atoms with Gasteiger partial charge in [-0.25, -0.2) is 4.98 Å².